The second kappa shape index (κ2) is 30.7. The van der Waals surface area contributed by atoms with Crippen molar-refractivity contribution in [1.82, 2.24) is 0 Å². The Hall–Kier alpha value is -0.970. The van der Waals surface area contributed by atoms with Crippen LogP contribution in [0.4, 0.5) is 0 Å². The van der Waals surface area contributed by atoms with Gasteiger partial charge in [0.1, 0.15) is 6.29 Å². The highest BCUT2D eigenvalue weighted by molar-refractivity contribution is 5.71. The normalized spacial score (nSPS) is 13.0. The van der Waals surface area contributed by atoms with Crippen molar-refractivity contribution in [3.8, 4) is 0 Å². The van der Waals surface area contributed by atoms with E-state index in [1.54, 1.807) is 6.92 Å². The van der Waals surface area contributed by atoms with Crippen LogP contribution in [0.5, 0.6) is 0 Å². The first-order valence-electron chi connectivity index (χ1n) is 10.8. The standard InChI is InChI=1S/2C6H14O.C6H12O.C6H10O/c4*1-3-4-6(2)5-7/h2*6-7H,3-5H2,1-2H3;4,7H,3,5H2,1-2H3;4-5H,3H2,1-2H3/b;;2*6-4+/t2*6-;;/m11../s1. The maximum atomic E-state index is 9.83. The summed E-state index contributed by atoms with van der Waals surface area (Å²) in [5.41, 5.74) is 1.88. The Labute approximate surface area is 175 Å². The lowest BCUT2D eigenvalue weighted by molar-refractivity contribution is -0.104. The number of aliphatic hydroxyl groups is 3. The molecule has 4 nitrogen and oxygen atoms in total. The first kappa shape index (κ1) is 34.5. The van der Waals surface area contributed by atoms with E-state index in [-0.39, 0.29) is 6.61 Å². The molecule has 0 amide bonds. The molecule has 0 rings (SSSR count). The van der Waals surface area contributed by atoms with Crippen molar-refractivity contribution in [2.24, 2.45) is 11.8 Å². The first-order chi connectivity index (χ1) is 13.2. The van der Waals surface area contributed by atoms with Crippen LogP contribution in [0.2, 0.25) is 0 Å². The van der Waals surface area contributed by atoms with Crippen molar-refractivity contribution >= 4 is 6.29 Å². The largest absolute Gasteiger partial charge is 0.396 e. The second-order valence-electron chi connectivity index (χ2n) is 7.24. The fourth-order valence-corrected chi connectivity index (χ4v) is 1.95. The van der Waals surface area contributed by atoms with Gasteiger partial charge < -0.3 is 15.3 Å². The fourth-order valence-electron chi connectivity index (χ4n) is 1.95. The fraction of sp³-hybridized carbons (Fsp3) is 0.792. The molecule has 0 aromatic heterocycles. The summed E-state index contributed by atoms with van der Waals surface area (Å²) in [4.78, 5) is 9.83. The molecule has 0 spiro atoms. The molecule has 0 heterocycles. The van der Waals surface area contributed by atoms with Crippen molar-refractivity contribution in [3.05, 3.63) is 23.3 Å². The Morgan fingerprint density at radius 1 is 0.786 bits per heavy atom. The van der Waals surface area contributed by atoms with Crippen LogP contribution in [-0.2, 0) is 4.79 Å². The molecule has 0 fully saturated rings. The summed E-state index contributed by atoms with van der Waals surface area (Å²) >= 11 is 0. The smallest absolute Gasteiger partial charge is 0.145 e. The SMILES string of the molecule is CC/C=C(\C)C=O.CC/C=C(\C)CO.CCC[C@@H](C)CO.CCC[C@@H](C)CO. The van der Waals surface area contributed by atoms with Crippen LogP contribution >= 0.6 is 0 Å². The molecule has 0 unspecified atom stereocenters. The van der Waals surface area contributed by atoms with Crippen LogP contribution in [-0.4, -0.2) is 41.4 Å². The molecule has 28 heavy (non-hydrogen) atoms. The maximum absolute atomic E-state index is 9.83. The summed E-state index contributed by atoms with van der Waals surface area (Å²) < 4.78 is 0. The minimum atomic E-state index is 0.202. The average molecular weight is 403 g/mol. The van der Waals surface area contributed by atoms with Gasteiger partial charge >= 0.3 is 0 Å². The number of aliphatic hydroxyl groups excluding tert-OH is 3. The van der Waals surface area contributed by atoms with E-state index >= 15 is 0 Å². The Kier molecular flexibility index (Phi) is 37.9. The van der Waals surface area contributed by atoms with Crippen LogP contribution in [0.25, 0.3) is 0 Å². The molecule has 0 aliphatic rings. The highest BCUT2D eigenvalue weighted by atomic mass is 16.3. The van der Waals surface area contributed by atoms with Crippen molar-refractivity contribution < 1.29 is 20.1 Å². The van der Waals surface area contributed by atoms with E-state index < -0.39 is 0 Å². The summed E-state index contributed by atoms with van der Waals surface area (Å²) in [5, 5.41) is 25.3. The van der Waals surface area contributed by atoms with E-state index in [9.17, 15) is 4.79 Å². The topological polar surface area (TPSA) is 77.8 Å². The predicted octanol–water partition coefficient (Wildman–Crippen LogP) is 5.71. The number of aldehydes is 1. The van der Waals surface area contributed by atoms with Gasteiger partial charge in [0.05, 0.1) is 6.61 Å². The molecule has 0 aromatic rings. The minimum absolute atomic E-state index is 0.202. The monoisotopic (exact) mass is 402 g/mol. The van der Waals surface area contributed by atoms with E-state index in [2.05, 4.69) is 34.6 Å². The van der Waals surface area contributed by atoms with Crippen molar-refractivity contribution in [3.63, 3.8) is 0 Å². The molecule has 2 atom stereocenters. The lowest BCUT2D eigenvalue weighted by Crippen LogP contribution is -1.98. The predicted molar refractivity (Wildman–Crippen MR) is 124 cm³/mol. The van der Waals surface area contributed by atoms with Gasteiger partial charge in [0.15, 0.2) is 0 Å². The van der Waals surface area contributed by atoms with Crippen LogP contribution in [0.1, 0.15) is 93.9 Å². The van der Waals surface area contributed by atoms with Gasteiger partial charge in [-0.05, 0) is 56.9 Å². The highest BCUT2D eigenvalue weighted by Gasteiger charge is 1.94. The molecule has 0 aromatic carbocycles. The molecule has 0 bridgehead atoms. The molecule has 0 saturated carbocycles. The Balaban J connectivity index is -0.000000137. The lowest BCUT2D eigenvalue weighted by atomic mass is 10.1. The number of allylic oxidation sites excluding steroid dienone is 3. The lowest BCUT2D eigenvalue weighted by Gasteiger charge is -2.01. The van der Waals surface area contributed by atoms with Gasteiger partial charge in [0.25, 0.3) is 0 Å². The van der Waals surface area contributed by atoms with Crippen molar-refractivity contribution in [1.29, 1.82) is 0 Å². The molecule has 3 N–H and O–H groups in total. The van der Waals surface area contributed by atoms with E-state index in [4.69, 9.17) is 15.3 Å². The van der Waals surface area contributed by atoms with Crippen LogP contribution in [0, 0.1) is 11.8 Å². The Morgan fingerprint density at radius 2 is 1.18 bits per heavy atom. The first-order valence-corrected chi connectivity index (χ1v) is 10.8. The van der Waals surface area contributed by atoms with E-state index in [0.29, 0.717) is 25.0 Å². The summed E-state index contributed by atoms with van der Waals surface area (Å²) in [5.74, 6) is 1.01. The summed E-state index contributed by atoms with van der Waals surface area (Å²) in [6.45, 7) is 17.0. The third-order valence-electron chi connectivity index (χ3n) is 3.70. The molecule has 0 saturated heterocycles. The van der Waals surface area contributed by atoms with Gasteiger partial charge in [-0.2, -0.15) is 0 Å². The zero-order valence-corrected chi connectivity index (χ0v) is 20.0. The molecule has 4 heteroatoms. The molecule has 0 radical (unpaired) electrons. The summed E-state index contributed by atoms with van der Waals surface area (Å²) in [6, 6.07) is 0. The molecular formula is C24H50O4. The Morgan fingerprint density at radius 3 is 1.29 bits per heavy atom. The number of hydrogen-bond acceptors (Lipinski definition) is 4. The number of hydrogen-bond donors (Lipinski definition) is 3. The Bertz CT molecular complexity index is 337. The van der Waals surface area contributed by atoms with Crippen LogP contribution in [0.3, 0.4) is 0 Å². The second-order valence-corrected chi connectivity index (χ2v) is 7.24. The van der Waals surface area contributed by atoms with Crippen LogP contribution in [0.15, 0.2) is 23.3 Å². The van der Waals surface area contributed by atoms with Gasteiger partial charge in [-0.1, -0.05) is 72.1 Å². The average Bonchev–Trinajstić information content (AvgIpc) is 2.70. The third kappa shape index (κ3) is 39.9. The van der Waals surface area contributed by atoms with Gasteiger partial charge in [-0.3, -0.25) is 4.79 Å². The molecule has 170 valence electrons. The summed E-state index contributed by atoms with van der Waals surface area (Å²) in [6.07, 6.45) is 11.4. The molecular weight excluding hydrogens is 352 g/mol. The number of carbonyl (C=O) groups excluding carboxylic acids is 1. The van der Waals surface area contributed by atoms with Crippen molar-refractivity contribution in [2.45, 2.75) is 93.9 Å². The van der Waals surface area contributed by atoms with Gasteiger partial charge in [0.2, 0.25) is 0 Å². The zero-order chi connectivity index (χ0) is 22.8. The number of rotatable bonds is 10. The van der Waals surface area contributed by atoms with Gasteiger partial charge in [-0.15, -0.1) is 0 Å². The molecule has 0 aliphatic heterocycles. The number of carbonyl (C=O) groups is 1. The highest BCUT2D eigenvalue weighted by Crippen LogP contribution is 2.02. The quantitative estimate of drug-likeness (QED) is 0.248. The minimum Gasteiger partial charge on any atom is -0.396 e. The van der Waals surface area contributed by atoms with Gasteiger partial charge in [0, 0.05) is 13.2 Å². The van der Waals surface area contributed by atoms with Crippen molar-refractivity contribution in [2.75, 3.05) is 19.8 Å². The molecule has 0 aliphatic carbocycles. The third-order valence-corrected chi connectivity index (χ3v) is 3.70. The van der Waals surface area contributed by atoms with Gasteiger partial charge in [-0.25, -0.2) is 0 Å². The van der Waals surface area contributed by atoms with E-state index in [1.807, 2.05) is 26.0 Å². The van der Waals surface area contributed by atoms with E-state index in [1.165, 1.54) is 12.8 Å². The summed E-state index contributed by atoms with van der Waals surface area (Å²) in [7, 11) is 0. The van der Waals surface area contributed by atoms with Crippen LogP contribution < -0.4 is 0 Å². The maximum Gasteiger partial charge on any atom is 0.145 e. The zero-order valence-electron chi connectivity index (χ0n) is 20.0. The van der Waals surface area contributed by atoms with E-state index in [0.717, 1.165) is 43.1 Å².